The Kier molecular flexibility index (Phi) is 7.02. The van der Waals surface area contributed by atoms with Gasteiger partial charge in [0.05, 0.1) is 16.1 Å². The van der Waals surface area contributed by atoms with Crippen molar-refractivity contribution in [1.29, 1.82) is 0 Å². The van der Waals surface area contributed by atoms with Crippen LogP contribution in [0.25, 0.3) is 0 Å². The number of amides is 1. The second-order valence-corrected chi connectivity index (χ2v) is 8.45. The predicted molar refractivity (Wildman–Crippen MR) is 114 cm³/mol. The molecular formula is C22H17F3N2O5S. The first-order valence-corrected chi connectivity index (χ1v) is 10.8. The molecule has 1 amide bonds. The van der Waals surface area contributed by atoms with Gasteiger partial charge in [-0.25, -0.2) is 26.4 Å². The van der Waals surface area contributed by atoms with Crippen LogP contribution in [0.2, 0.25) is 0 Å². The highest BCUT2D eigenvalue weighted by Crippen LogP contribution is 2.21. The molecule has 3 rings (SSSR count). The SMILES string of the molecule is Cc1c(F)cccc1S(=O)(=O)Nc1ccc(C(=O)OCC(=O)Nc2ccc(F)cc2F)cc1. The van der Waals surface area contributed by atoms with Crippen LogP contribution in [0.5, 0.6) is 0 Å². The first-order chi connectivity index (χ1) is 15.6. The first kappa shape index (κ1) is 23.8. The van der Waals surface area contributed by atoms with E-state index in [1.54, 1.807) is 0 Å². The third-order valence-electron chi connectivity index (χ3n) is 4.42. The molecule has 0 aliphatic rings. The van der Waals surface area contributed by atoms with Gasteiger partial charge in [-0.3, -0.25) is 9.52 Å². The Hall–Kier alpha value is -3.86. The van der Waals surface area contributed by atoms with Crippen LogP contribution < -0.4 is 10.0 Å². The van der Waals surface area contributed by atoms with E-state index in [9.17, 15) is 31.2 Å². The summed E-state index contributed by atoms with van der Waals surface area (Å²) in [4.78, 5) is 23.7. The van der Waals surface area contributed by atoms with Crippen molar-refractivity contribution in [2.45, 2.75) is 11.8 Å². The number of carbonyl (C=O) groups excluding carboxylic acids is 2. The van der Waals surface area contributed by atoms with Crippen molar-refractivity contribution in [1.82, 2.24) is 0 Å². The zero-order chi connectivity index (χ0) is 24.2. The number of hydrogen-bond acceptors (Lipinski definition) is 5. The summed E-state index contributed by atoms with van der Waals surface area (Å²) in [6.45, 7) is 0.604. The van der Waals surface area contributed by atoms with Crippen LogP contribution in [0, 0.1) is 24.4 Å². The minimum absolute atomic E-state index is 0.0145. The lowest BCUT2D eigenvalue weighted by molar-refractivity contribution is -0.119. The van der Waals surface area contributed by atoms with Gasteiger partial charge in [0.15, 0.2) is 6.61 Å². The molecule has 0 fully saturated rings. The van der Waals surface area contributed by atoms with Crippen LogP contribution in [-0.4, -0.2) is 26.9 Å². The molecule has 3 aromatic carbocycles. The summed E-state index contributed by atoms with van der Waals surface area (Å²) in [5, 5.41) is 2.14. The maximum atomic E-state index is 13.7. The Bertz CT molecular complexity index is 1310. The number of anilines is 2. The van der Waals surface area contributed by atoms with Crippen LogP contribution >= 0.6 is 0 Å². The van der Waals surface area contributed by atoms with Crippen LogP contribution in [0.3, 0.4) is 0 Å². The molecule has 11 heteroatoms. The minimum Gasteiger partial charge on any atom is -0.452 e. The standard InChI is InChI=1S/C22H17F3N2O5S/c1-13-17(24)3-2-4-20(13)33(30,31)27-16-8-5-14(6-9-16)22(29)32-12-21(28)26-19-10-7-15(23)11-18(19)25/h2-11,27H,12H2,1H3,(H,26,28). The summed E-state index contributed by atoms with van der Waals surface area (Å²) in [5.41, 5.74) is -0.188. The van der Waals surface area contributed by atoms with Gasteiger partial charge in [0.25, 0.3) is 15.9 Å². The van der Waals surface area contributed by atoms with Crippen molar-refractivity contribution < 1.29 is 35.9 Å². The van der Waals surface area contributed by atoms with Crippen molar-refractivity contribution >= 4 is 33.3 Å². The highest BCUT2D eigenvalue weighted by Gasteiger charge is 2.19. The number of halogens is 3. The molecule has 0 heterocycles. The molecule has 0 aliphatic heterocycles. The van der Waals surface area contributed by atoms with Crippen molar-refractivity contribution in [2.24, 2.45) is 0 Å². The zero-order valence-corrected chi connectivity index (χ0v) is 17.9. The molecular weight excluding hydrogens is 461 g/mol. The van der Waals surface area contributed by atoms with Crippen LogP contribution in [0.4, 0.5) is 24.5 Å². The lowest BCUT2D eigenvalue weighted by Gasteiger charge is -2.11. The van der Waals surface area contributed by atoms with Crippen LogP contribution in [-0.2, 0) is 19.6 Å². The Morgan fingerprint density at radius 2 is 1.64 bits per heavy atom. The average molecular weight is 478 g/mol. The molecule has 0 saturated carbocycles. The number of rotatable bonds is 7. The molecule has 3 aromatic rings. The van der Waals surface area contributed by atoms with E-state index in [0.717, 1.165) is 18.2 Å². The van der Waals surface area contributed by atoms with Gasteiger partial charge in [-0.1, -0.05) is 6.07 Å². The van der Waals surface area contributed by atoms with Gasteiger partial charge in [-0.2, -0.15) is 0 Å². The van der Waals surface area contributed by atoms with E-state index in [0.29, 0.717) is 6.07 Å². The molecule has 0 radical (unpaired) electrons. The Balaban J connectivity index is 1.59. The van der Waals surface area contributed by atoms with E-state index in [-0.39, 0.29) is 27.4 Å². The minimum atomic E-state index is -4.07. The van der Waals surface area contributed by atoms with Gasteiger partial charge in [0, 0.05) is 17.3 Å². The first-order valence-electron chi connectivity index (χ1n) is 9.37. The lowest BCUT2D eigenvalue weighted by atomic mass is 10.2. The predicted octanol–water partition coefficient (Wildman–Crippen LogP) is 4.01. The zero-order valence-electron chi connectivity index (χ0n) is 17.1. The molecule has 0 aliphatic carbocycles. The van der Waals surface area contributed by atoms with E-state index in [1.807, 2.05) is 0 Å². The highest BCUT2D eigenvalue weighted by atomic mass is 32.2. The van der Waals surface area contributed by atoms with Gasteiger partial charge in [-0.15, -0.1) is 0 Å². The monoisotopic (exact) mass is 478 g/mol. The van der Waals surface area contributed by atoms with E-state index in [4.69, 9.17) is 4.74 Å². The molecule has 0 bridgehead atoms. The number of esters is 1. The number of hydrogen-bond donors (Lipinski definition) is 2. The summed E-state index contributed by atoms with van der Waals surface area (Å²) < 4.78 is 72.2. The Morgan fingerprint density at radius 1 is 0.939 bits per heavy atom. The maximum absolute atomic E-state index is 13.7. The van der Waals surface area contributed by atoms with Gasteiger partial charge in [0.1, 0.15) is 17.5 Å². The van der Waals surface area contributed by atoms with Crippen molar-refractivity contribution in [3.05, 3.63) is 89.2 Å². The van der Waals surface area contributed by atoms with Crippen LogP contribution in [0.15, 0.2) is 65.6 Å². The summed E-state index contributed by atoms with van der Waals surface area (Å²) in [6, 6.07) is 11.3. The molecule has 33 heavy (non-hydrogen) atoms. The Morgan fingerprint density at radius 3 is 2.30 bits per heavy atom. The fourth-order valence-corrected chi connectivity index (χ4v) is 4.07. The largest absolute Gasteiger partial charge is 0.452 e. The molecule has 7 nitrogen and oxygen atoms in total. The second-order valence-electron chi connectivity index (χ2n) is 6.79. The van der Waals surface area contributed by atoms with E-state index < -0.39 is 46.0 Å². The highest BCUT2D eigenvalue weighted by molar-refractivity contribution is 7.92. The molecule has 2 N–H and O–H groups in total. The third-order valence-corrected chi connectivity index (χ3v) is 5.95. The van der Waals surface area contributed by atoms with Gasteiger partial charge < -0.3 is 10.1 Å². The molecule has 0 atom stereocenters. The fourth-order valence-electron chi connectivity index (χ4n) is 2.75. The lowest BCUT2D eigenvalue weighted by Crippen LogP contribution is -2.21. The van der Waals surface area contributed by atoms with E-state index in [2.05, 4.69) is 10.0 Å². The van der Waals surface area contributed by atoms with Crippen molar-refractivity contribution in [3.63, 3.8) is 0 Å². The quantitative estimate of drug-likeness (QED) is 0.500. The number of benzene rings is 3. The molecule has 172 valence electrons. The summed E-state index contributed by atoms with van der Waals surface area (Å²) in [7, 11) is -4.07. The van der Waals surface area contributed by atoms with E-state index in [1.165, 1.54) is 43.3 Å². The fraction of sp³-hybridized carbons (Fsp3) is 0.0909. The molecule has 0 saturated heterocycles. The molecule has 0 unspecified atom stereocenters. The normalized spacial score (nSPS) is 11.0. The number of sulfonamides is 1. The van der Waals surface area contributed by atoms with Gasteiger partial charge in [-0.05, 0) is 55.5 Å². The van der Waals surface area contributed by atoms with Gasteiger partial charge >= 0.3 is 5.97 Å². The summed E-state index contributed by atoms with van der Waals surface area (Å²) in [6.07, 6.45) is 0. The smallest absolute Gasteiger partial charge is 0.338 e. The van der Waals surface area contributed by atoms with Crippen molar-refractivity contribution in [3.8, 4) is 0 Å². The van der Waals surface area contributed by atoms with Gasteiger partial charge in [0.2, 0.25) is 0 Å². The molecule has 0 spiro atoms. The second kappa shape index (κ2) is 9.74. The summed E-state index contributed by atoms with van der Waals surface area (Å²) >= 11 is 0. The Labute approximate surface area is 187 Å². The summed E-state index contributed by atoms with van der Waals surface area (Å²) in [5.74, 6) is -4.19. The van der Waals surface area contributed by atoms with Crippen LogP contribution in [0.1, 0.15) is 15.9 Å². The van der Waals surface area contributed by atoms with E-state index >= 15 is 0 Å². The number of nitrogens with one attached hydrogen (secondary N) is 2. The number of ether oxygens (including phenoxy) is 1. The van der Waals surface area contributed by atoms with Crippen molar-refractivity contribution in [2.75, 3.05) is 16.6 Å². The molecule has 0 aromatic heterocycles. The average Bonchev–Trinajstić information content (AvgIpc) is 2.76. The maximum Gasteiger partial charge on any atom is 0.338 e. The number of carbonyl (C=O) groups is 2. The topological polar surface area (TPSA) is 102 Å². The third kappa shape index (κ3) is 5.89.